The zero-order chi connectivity index (χ0) is 17.3. The molecule has 3 heterocycles. The second-order valence-corrected chi connectivity index (χ2v) is 6.10. The van der Waals surface area contributed by atoms with E-state index < -0.39 is 11.9 Å². The molecule has 2 aromatic heterocycles. The Labute approximate surface area is 137 Å². The molecule has 1 N–H and O–H groups in total. The minimum Gasteiger partial charge on any atom is -0.363 e. The first-order valence-corrected chi connectivity index (χ1v) is 7.72. The van der Waals surface area contributed by atoms with E-state index in [4.69, 9.17) is 0 Å². The Morgan fingerprint density at radius 2 is 2.08 bits per heavy atom. The third kappa shape index (κ3) is 3.44. The monoisotopic (exact) mass is 340 g/mol. The number of nitrogens with one attached hydrogen (secondary N) is 1. The van der Waals surface area contributed by atoms with E-state index in [2.05, 4.69) is 20.2 Å². The quantitative estimate of drug-likeness (QED) is 0.931. The third-order valence-corrected chi connectivity index (χ3v) is 4.12. The largest absolute Gasteiger partial charge is 0.433 e. The lowest BCUT2D eigenvalue weighted by Crippen LogP contribution is -2.36. The number of anilines is 2. The molecule has 0 amide bonds. The maximum absolute atomic E-state index is 13.1. The first-order valence-electron chi connectivity index (χ1n) is 7.72. The summed E-state index contributed by atoms with van der Waals surface area (Å²) in [6.45, 7) is 1.20. The summed E-state index contributed by atoms with van der Waals surface area (Å²) in [4.78, 5) is 11.4. The van der Waals surface area contributed by atoms with E-state index in [1.54, 1.807) is 25.2 Å². The summed E-state index contributed by atoms with van der Waals surface area (Å²) >= 11 is 0. The van der Waals surface area contributed by atoms with Gasteiger partial charge in [0.05, 0.1) is 0 Å². The first kappa shape index (κ1) is 16.5. The van der Waals surface area contributed by atoms with Crippen molar-refractivity contribution in [2.45, 2.75) is 24.9 Å². The molecule has 0 saturated carbocycles. The molecule has 0 aliphatic carbocycles. The van der Waals surface area contributed by atoms with Gasteiger partial charge in [0.25, 0.3) is 0 Å². The van der Waals surface area contributed by atoms with Crippen molar-refractivity contribution in [3.8, 4) is 0 Å². The molecule has 1 saturated heterocycles. The van der Waals surface area contributed by atoms with Crippen molar-refractivity contribution >= 4 is 11.8 Å². The molecule has 0 bridgehead atoms. The number of aromatic nitrogens is 4. The Kier molecular flexibility index (Phi) is 4.33. The van der Waals surface area contributed by atoms with Gasteiger partial charge < -0.3 is 9.80 Å². The Morgan fingerprint density at radius 1 is 1.29 bits per heavy atom. The summed E-state index contributed by atoms with van der Waals surface area (Å²) in [5.41, 5.74) is 0.0689. The van der Waals surface area contributed by atoms with Crippen LogP contribution in [0.3, 0.4) is 0 Å². The number of halogens is 3. The molecule has 24 heavy (non-hydrogen) atoms. The lowest BCUT2D eigenvalue weighted by atomic mass is 9.95. The summed E-state index contributed by atoms with van der Waals surface area (Å²) in [7, 11) is 3.33. The average molecular weight is 340 g/mol. The van der Waals surface area contributed by atoms with Crippen LogP contribution in [0.25, 0.3) is 0 Å². The Balaban J connectivity index is 1.91. The lowest BCUT2D eigenvalue weighted by Gasteiger charge is -2.33. The number of H-pyrrole nitrogens is 1. The summed E-state index contributed by atoms with van der Waals surface area (Å²) in [5.74, 6) is 0.552. The van der Waals surface area contributed by atoms with Gasteiger partial charge in [0.15, 0.2) is 5.69 Å². The highest BCUT2D eigenvalue weighted by Gasteiger charge is 2.35. The fraction of sp³-hybridized carbons (Fsp3) is 0.533. The maximum Gasteiger partial charge on any atom is 0.433 e. The van der Waals surface area contributed by atoms with E-state index >= 15 is 0 Å². The number of piperidine rings is 1. The van der Waals surface area contributed by atoms with Crippen LogP contribution < -0.4 is 9.80 Å². The molecule has 6 nitrogen and oxygen atoms in total. The van der Waals surface area contributed by atoms with Gasteiger partial charge in [-0.25, -0.2) is 4.98 Å². The molecule has 0 unspecified atom stereocenters. The molecule has 0 radical (unpaired) electrons. The number of hydrogen-bond donors (Lipinski definition) is 1. The molecule has 1 fully saturated rings. The minimum atomic E-state index is -4.50. The molecule has 1 atom stereocenters. The van der Waals surface area contributed by atoms with Crippen LogP contribution in [-0.2, 0) is 6.18 Å². The molecule has 1 aliphatic heterocycles. The normalized spacial score (nSPS) is 18.7. The molecular weight excluding hydrogens is 321 g/mol. The van der Waals surface area contributed by atoms with Gasteiger partial charge in [0.1, 0.15) is 5.82 Å². The minimum absolute atomic E-state index is 0.123. The topological polar surface area (TPSA) is 60.9 Å². The van der Waals surface area contributed by atoms with Crippen molar-refractivity contribution in [1.29, 1.82) is 0 Å². The van der Waals surface area contributed by atoms with E-state index in [1.807, 2.05) is 11.0 Å². The molecule has 130 valence electrons. The second kappa shape index (κ2) is 6.29. The highest BCUT2D eigenvalue weighted by molar-refractivity contribution is 5.46. The van der Waals surface area contributed by atoms with Gasteiger partial charge >= 0.3 is 6.18 Å². The van der Waals surface area contributed by atoms with Gasteiger partial charge in [-0.05, 0) is 18.9 Å². The number of hydrogen-bond acceptors (Lipinski definition) is 5. The van der Waals surface area contributed by atoms with E-state index in [1.165, 1.54) is 0 Å². The van der Waals surface area contributed by atoms with Crippen LogP contribution in [0.15, 0.2) is 18.3 Å². The van der Waals surface area contributed by atoms with Crippen LogP contribution in [0.5, 0.6) is 0 Å². The number of aromatic amines is 1. The second-order valence-electron chi connectivity index (χ2n) is 6.10. The van der Waals surface area contributed by atoms with Gasteiger partial charge in [-0.15, -0.1) is 0 Å². The van der Waals surface area contributed by atoms with Gasteiger partial charge in [-0.3, -0.25) is 5.10 Å². The van der Waals surface area contributed by atoms with Crippen molar-refractivity contribution in [1.82, 2.24) is 20.2 Å². The van der Waals surface area contributed by atoms with Crippen LogP contribution in [0.2, 0.25) is 0 Å². The van der Waals surface area contributed by atoms with Crippen LogP contribution in [0.4, 0.5) is 24.9 Å². The highest BCUT2D eigenvalue weighted by Crippen LogP contribution is 2.33. The number of rotatable bonds is 3. The fourth-order valence-corrected chi connectivity index (χ4v) is 2.84. The highest BCUT2D eigenvalue weighted by atomic mass is 19.4. The maximum atomic E-state index is 13.1. The van der Waals surface area contributed by atoms with Gasteiger partial charge in [0.2, 0.25) is 5.95 Å². The lowest BCUT2D eigenvalue weighted by molar-refractivity contribution is -0.141. The summed E-state index contributed by atoms with van der Waals surface area (Å²) in [6, 6.07) is 2.87. The first-order chi connectivity index (χ1) is 11.3. The van der Waals surface area contributed by atoms with Crippen molar-refractivity contribution in [2.75, 3.05) is 37.0 Å². The van der Waals surface area contributed by atoms with Crippen LogP contribution in [-0.4, -0.2) is 47.4 Å². The molecule has 2 aromatic rings. The van der Waals surface area contributed by atoms with Crippen molar-refractivity contribution in [3.05, 3.63) is 29.7 Å². The number of nitrogens with zero attached hydrogens (tertiary/aromatic N) is 5. The Morgan fingerprint density at radius 3 is 2.71 bits per heavy atom. The van der Waals surface area contributed by atoms with Gasteiger partial charge in [-0.2, -0.15) is 23.3 Å². The molecule has 0 aromatic carbocycles. The smallest absolute Gasteiger partial charge is 0.363 e. The van der Waals surface area contributed by atoms with Crippen LogP contribution >= 0.6 is 0 Å². The van der Waals surface area contributed by atoms with Crippen LogP contribution in [0, 0.1) is 0 Å². The third-order valence-electron chi connectivity index (χ3n) is 4.12. The standard InChI is InChI=1S/C15H19F3N6/c1-23(2)13-8-12(15(16,17)18)20-14(21-13)24-7-3-4-10(9-24)11-5-6-19-22-11/h5-6,8,10H,3-4,7,9H2,1-2H3,(H,19,22)/t10-/m1/s1. The Hall–Kier alpha value is -2.32. The summed E-state index contributed by atoms with van der Waals surface area (Å²) in [6.07, 6.45) is -1.00. The molecule has 0 spiro atoms. The van der Waals surface area contributed by atoms with Crippen molar-refractivity contribution in [3.63, 3.8) is 0 Å². The summed E-state index contributed by atoms with van der Waals surface area (Å²) in [5, 5.41) is 6.89. The molecule has 3 rings (SSSR count). The number of alkyl halides is 3. The van der Waals surface area contributed by atoms with Gasteiger partial charge in [-0.1, -0.05) is 0 Å². The molecular formula is C15H19F3N6. The summed E-state index contributed by atoms with van der Waals surface area (Å²) < 4.78 is 39.4. The van der Waals surface area contributed by atoms with Crippen molar-refractivity contribution < 1.29 is 13.2 Å². The SMILES string of the molecule is CN(C)c1cc(C(F)(F)F)nc(N2CCC[C@@H](c3ccn[nH]3)C2)n1. The van der Waals surface area contributed by atoms with E-state index in [9.17, 15) is 13.2 Å². The van der Waals surface area contributed by atoms with Crippen molar-refractivity contribution in [2.24, 2.45) is 0 Å². The van der Waals surface area contributed by atoms with E-state index in [0.717, 1.165) is 24.6 Å². The van der Waals surface area contributed by atoms with Crippen LogP contribution in [0.1, 0.15) is 30.1 Å². The predicted molar refractivity (Wildman–Crippen MR) is 84.1 cm³/mol. The van der Waals surface area contributed by atoms with E-state index in [0.29, 0.717) is 13.1 Å². The molecule has 9 heteroatoms. The zero-order valence-electron chi connectivity index (χ0n) is 13.5. The molecule has 1 aliphatic rings. The predicted octanol–water partition coefficient (Wildman–Crippen LogP) is 2.67. The fourth-order valence-electron chi connectivity index (χ4n) is 2.84. The van der Waals surface area contributed by atoms with Gasteiger partial charge in [0, 0.05) is 51.1 Å². The Bertz CT molecular complexity index is 683. The average Bonchev–Trinajstić information content (AvgIpc) is 3.08. The zero-order valence-corrected chi connectivity index (χ0v) is 13.5. The van der Waals surface area contributed by atoms with E-state index in [-0.39, 0.29) is 17.7 Å².